The number of amides is 1. The van der Waals surface area contributed by atoms with Crippen LogP contribution in [0.15, 0.2) is 35.3 Å². The van der Waals surface area contributed by atoms with Crippen LogP contribution in [0.2, 0.25) is 0 Å². The minimum Gasteiger partial charge on any atom is -0.465 e. The van der Waals surface area contributed by atoms with E-state index in [0.29, 0.717) is 5.69 Å². The maximum absolute atomic E-state index is 10.8. The standard InChI is InChI=1S/C11H12N2O3S/c1-8(14)7-17-10(13-11(15)16)12-9-5-3-2-4-6-9/h2-6H,7H2,1H3,(H,12,13)(H,15,16). The molecule has 0 saturated heterocycles. The molecule has 0 bridgehead atoms. The molecule has 1 amide bonds. The fourth-order valence-electron chi connectivity index (χ4n) is 0.978. The lowest BCUT2D eigenvalue weighted by Gasteiger charge is -2.04. The Hall–Kier alpha value is -1.82. The van der Waals surface area contributed by atoms with Crippen molar-refractivity contribution in [3.8, 4) is 0 Å². The molecular formula is C11H12N2O3S. The van der Waals surface area contributed by atoms with Crippen LogP contribution >= 0.6 is 11.8 Å². The van der Waals surface area contributed by atoms with Gasteiger partial charge in [0.1, 0.15) is 5.78 Å². The van der Waals surface area contributed by atoms with E-state index in [0.717, 1.165) is 11.8 Å². The molecule has 5 nitrogen and oxygen atoms in total. The van der Waals surface area contributed by atoms with Crippen LogP contribution in [0, 0.1) is 0 Å². The molecule has 0 atom stereocenters. The Bertz CT molecular complexity index is 432. The number of amidine groups is 1. The number of hydrogen-bond acceptors (Lipinski definition) is 4. The van der Waals surface area contributed by atoms with Gasteiger partial charge in [-0.25, -0.2) is 9.79 Å². The lowest BCUT2D eigenvalue weighted by Crippen LogP contribution is -2.27. The number of nitrogens with zero attached hydrogens (tertiary/aromatic N) is 1. The molecule has 6 heteroatoms. The highest BCUT2D eigenvalue weighted by Crippen LogP contribution is 2.13. The van der Waals surface area contributed by atoms with Gasteiger partial charge in [0.05, 0.1) is 11.4 Å². The Morgan fingerprint density at radius 2 is 2.00 bits per heavy atom. The average Bonchev–Trinajstić information content (AvgIpc) is 2.26. The SMILES string of the molecule is CC(=O)CSC(=Nc1ccccc1)NC(=O)O. The van der Waals surface area contributed by atoms with Gasteiger partial charge < -0.3 is 5.11 Å². The normalized spacial score (nSPS) is 11.0. The fourth-order valence-corrected chi connectivity index (χ4v) is 1.65. The van der Waals surface area contributed by atoms with E-state index in [-0.39, 0.29) is 16.7 Å². The molecule has 1 rings (SSSR count). The molecule has 1 aromatic carbocycles. The van der Waals surface area contributed by atoms with Crippen LogP contribution in [-0.4, -0.2) is 27.9 Å². The summed E-state index contributed by atoms with van der Waals surface area (Å²) in [5.74, 6) is 0.148. The summed E-state index contributed by atoms with van der Waals surface area (Å²) in [5, 5.41) is 11.0. The quantitative estimate of drug-likeness (QED) is 0.639. The number of thioether (sulfide) groups is 1. The van der Waals surface area contributed by atoms with Crippen LogP contribution < -0.4 is 5.32 Å². The molecule has 0 fully saturated rings. The van der Waals surface area contributed by atoms with Crippen LogP contribution in [0.4, 0.5) is 10.5 Å². The monoisotopic (exact) mass is 252 g/mol. The lowest BCUT2D eigenvalue weighted by atomic mass is 10.3. The van der Waals surface area contributed by atoms with E-state index in [4.69, 9.17) is 5.11 Å². The number of carbonyl (C=O) groups is 2. The van der Waals surface area contributed by atoms with Crippen molar-refractivity contribution in [2.45, 2.75) is 6.92 Å². The minimum absolute atomic E-state index is 0.0389. The third-order valence-electron chi connectivity index (χ3n) is 1.61. The number of rotatable bonds is 3. The maximum atomic E-state index is 10.8. The Morgan fingerprint density at radius 3 is 2.53 bits per heavy atom. The van der Waals surface area contributed by atoms with Gasteiger partial charge in [-0.1, -0.05) is 30.0 Å². The Kier molecular flexibility index (Phi) is 5.22. The summed E-state index contributed by atoms with van der Waals surface area (Å²) in [6.07, 6.45) is -1.20. The van der Waals surface area contributed by atoms with Crippen LogP contribution in [0.3, 0.4) is 0 Å². The number of aliphatic imine (C=N–C) groups is 1. The van der Waals surface area contributed by atoms with Crippen molar-refractivity contribution in [1.82, 2.24) is 5.32 Å². The van der Waals surface area contributed by atoms with E-state index in [2.05, 4.69) is 10.3 Å². The van der Waals surface area contributed by atoms with E-state index in [1.54, 1.807) is 24.3 Å². The molecule has 0 aliphatic rings. The largest absolute Gasteiger partial charge is 0.465 e. The predicted octanol–water partition coefficient (Wildman–Crippen LogP) is 2.26. The molecule has 2 N–H and O–H groups in total. The second kappa shape index (κ2) is 6.70. The first-order valence-electron chi connectivity index (χ1n) is 4.84. The Morgan fingerprint density at radius 1 is 1.35 bits per heavy atom. The highest BCUT2D eigenvalue weighted by Gasteiger charge is 2.06. The zero-order valence-electron chi connectivity index (χ0n) is 9.21. The topological polar surface area (TPSA) is 78.8 Å². The lowest BCUT2D eigenvalue weighted by molar-refractivity contribution is -0.114. The molecule has 0 aliphatic heterocycles. The number of hydrogen-bond donors (Lipinski definition) is 2. The van der Waals surface area contributed by atoms with E-state index in [1.807, 2.05) is 6.07 Å². The van der Waals surface area contributed by atoms with Crippen LogP contribution in [0.1, 0.15) is 6.92 Å². The van der Waals surface area contributed by atoms with Crippen molar-refractivity contribution < 1.29 is 14.7 Å². The van der Waals surface area contributed by atoms with Crippen LogP contribution in [0.5, 0.6) is 0 Å². The number of carboxylic acid groups (broad SMARTS) is 1. The molecule has 0 aliphatic carbocycles. The summed E-state index contributed by atoms with van der Waals surface area (Å²) in [7, 11) is 0. The zero-order chi connectivity index (χ0) is 12.7. The van der Waals surface area contributed by atoms with E-state index < -0.39 is 6.09 Å². The molecule has 90 valence electrons. The molecule has 0 heterocycles. The van der Waals surface area contributed by atoms with Crippen molar-refractivity contribution in [1.29, 1.82) is 0 Å². The van der Waals surface area contributed by atoms with E-state index in [9.17, 15) is 9.59 Å². The summed E-state index contributed by atoms with van der Waals surface area (Å²) in [5.41, 5.74) is 0.632. The summed E-state index contributed by atoms with van der Waals surface area (Å²) in [4.78, 5) is 25.5. The van der Waals surface area contributed by atoms with Gasteiger partial charge in [-0.3, -0.25) is 10.1 Å². The van der Waals surface area contributed by atoms with Crippen LogP contribution in [0.25, 0.3) is 0 Å². The number of benzene rings is 1. The number of Topliss-reactive ketones (excluding diaryl/α,β-unsaturated/α-hetero) is 1. The minimum atomic E-state index is -1.20. The number of carbonyl (C=O) groups excluding carboxylic acids is 1. The summed E-state index contributed by atoms with van der Waals surface area (Å²) in [6.45, 7) is 1.44. The van der Waals surface area contributed by atoms with Crippen molar-refractivity contribution in [3.05, 3.63) is 30.3 Å². The number of ketones is 1. The third kappa shape index (κ3) is 5.72. The zero-order valence-corrected chi connectivity index (χ0v) is 10.0. The first-order chi connectivity index (χ1) is 8.08. The molecule has 17 heavy (non-hydrogen) atoms. The summed E-state index contributed by atoms with van der Waals surface area (Å²) < 4.78 is 0. The smallest absolute Gasteiger partial charge is 0.410 e. The Balaban J connectivity index is 2.78. The van der Waals surface area contributed by atoms with Gasteiger partial charge in [-0.05, 0) is 19.1 Å². The Labute approximate surface area is 103 Å². The van der Waals surface area contributed by atoms with Crippen LogP contribution in [-0.2, 0) is 4.79 Å². The third-order valence-corrected chi connectivity index (χ3v) is 2.63. The fraction of sp³-hybridized carbons (Fsp3) is 0.182. The van der Waals surface area contributed by atoms with Crippen molar-refractivity contribution in [2.75, 3.05) is 5.75 Å². The molecule has 0 unspecified atom stereocenters. The van der Waals surface area contributed by atoms with E-state index >= 15 is 0 Å². The second-order valence-corrected chi connectivity index (χ2v) is 4.14. The van der Waals surface area contributed by atoms with Gasteiger partial charge in [0, 0.05) is 0 Å². The van der Waals surface area contributed by atoms with Gasteiger partial charge in [0.15, 0.2) is 5.17 Å². The highest BCUT2D eigenvalue weighted by atomic mass is 32.2. The molecule has 0 spiro atoms. The number of para-hydroxylation sites is 1. The summed E-state index contributed by atoms with van der Waals surface area (Å²) in [6, 6.07) is 8.93. The van der Waals surface area contributed by atoms with Gasteiger partial charge in [0.2, 0.25) is 0 Å². The van der Waals surface area contributed by atoms with Gasteiger partial charge >= 0.3 is 6.09 Å². The first-order valence-corrected chi connectivity index (χ1v) is 5.82. The number of nitrogens with one attached hydrogen (secondary N) is 1. The van der Waals surface area contributed by atoms with Gasteiger partial charge in [-0.15, -0.1) is 0 Å². The predicted molar refractivity (Wildman–Crippen MR) is 67.8 cm³/mol. The molecule has 0 radical (unpaired) electrons. The van der Waals surface area contributed by atoms with Crippen molar-refractivity contribution >= 4 is 34.5 Å². The maximum Gasteiger partial charge on any atom is 0.410 e. The van der Waals surface area contributed by atoms with E-state index in [1.165, 1.54) is 6.92 Å². The summed E-state index contributed by atoms with van der Waals surface area (Å²) >= 11 is 1.06. The first kappa shape index (κ1) is 13.2. The average molecular weight is 252 g/mol. The second-order valence-electron chi connectivity index (χ2n) is 3.17. The van der Waals surface area contributed by atoms with Crippen molar-refractivity contribution in [3.63, 3.8) is 0 Å². The molecule has 1 aromatic rings. The van der Waals surface area contributed by atoms with Gasteiger partial charge in [-0.2, -0.15) is 0 Å². The molecule has 0 aromatic heterocycles. The highest BCUT2D eigenvalue weighted by molar-refractivity contribution is 8.14. The van der Waals surface area contributed by atoms with Gasteiger partial charge in [0.25, 0.3) is 0 Å². The molecule has 0 saturated carbocycles. The molecular weight excluding hydrogens is 240 g/mol. The van der Waals surface area contributed by atoms with Crippen molar-refractivity contribution in [2.24, 2.45) is 4.99 Å².